The van der Waals surface area contributed by atoms with E-state index >= 15 is 0 Å². The number of fused-ring (bicyclic) bond motifs is 6. The second-order valence-electron chi connectivity index (χ2n) is 10.4. The van der Waals surface area contributed by atoms with Crippen molar-refractivity contribution in [3.8, 4) is 0 Å². The lowest BCUT2D eigenvalue weighted by atomic mass is 9.43. The standard InChI is InChI=1S/C22H34O5/c1-12(23)26-15-8-7-13-17-14(9-11-20(13,15)2)21(3)10-5-6-16-22(21,24)19(25-4)18(17)27-16/h13-19,24H,5-11H2,1-4H3/t13-,14-,15-,16+,17-,18-,19+,20-,21+,22+/m0/s1. The van der Waals surface area contributed by atoms with Gasteiger partial charge in [-0.3, -0.25) is 4.79 Å². The Morgan fingerprint density at radius 1 is 1.11 bits per heavy atom. The van der Waals surface area contributed by atoms with Gasteiger partial charge in [0.15, 0.2) is 0 Å². The molecule has 5 fully saturated rings. The minimum Gasteiger partial charge on any atom is -0.462 e. The molecule has 5 rings (SSSR count). The molecule has 0 aromatic heterocycles. The molecule has 10 atom stereocenters. The quantitative estimate of drug-likeness (QED) is 0.748. The number of hydrogen-bond acceptors (Lipinski definition) is 5. The number of methoxy groups -OCH3 is 1. The van der Waals surface area contributed by atoms with Gasteiger partial charge in [0, 0.05) is 24.9 Å². The van der Waals surface area contributed by atoms with E-state index in [2.05, 4.69) is 13.8 Å². The Hall–Kier alpha value is -0.650. The van der Waals surface area contributed by atoms with Crippen LogP contribution in [0, 0.1) is 28.6 Å². The van der Waals surface area contributed by atoms with Gasteiger partial charge in [0.2, 0.25) is 0 Å². The summed E-state index contributed by atoms with van der Waals surface area (Å²) < 4.78 is 18.3. The predicted molar refractivity (Wildman–Crippen MR) is 99.0 cm³/mol. The molecule has 5 nitrogen and oxygen atoms in total. The highest BCUT2D eigenvalue weighted by Gasteiger charge is 2.76. The third kappa shape index (κ3) is 2.04. The van der Waals surface area contributed by atoms with E-state index in [0.717, 1.165) is 44.9 Å². The summed E-state index contributed by atoms with van der Waals surface area (Å²) in [5.41, 5.74) is -1.01. The fourth-order valence-corrected chi connectivity index (χ4v) is 8.47. The Bertz CT molecular complexity index is 651. The predicted octanol–water partition coefficient (Wildman–Crippen LogP) is 3.08. The first-order valence-electron chi connectivity index (χ1n) is 10.8. The number of hydrogen-bond donors (Lipinski definition) is 1. The van der Waals surface area contributed by atoms with Gasteiger partial charge < -0.3 is 19.3 Å². The Balaban J connectivity index is 1.57. The molecule has 0 unspecified atom stereocenters. The molecule has 152 valence electrons. The average Bonchev–Trinajstić information content (AvgIpc) is 3.08. The van der Waals surface area contributed by atoms with Crippen molar-refractivity contribution in [2.45, 2.75) is 95.7 Å². The summed E-state index contributed by atoms with van der Waals surface area (Å²) in [7, 11) is 1.73. The lowest BCUT2D eigenvalue weighted by molar-refractivity contribution is -0.245. The number of aliphatic hydroxyl groups is 1. The molecule has 1 aliphatic heterocycles. The van der Waals surface area contributed by atoms with Gasteiger partial charge >= 0.3 is 5.97 Å². The van der Waals surface area contributed by atoms with Crippen molar-refractivity contribution in [3.05, 3.63) is 0 Å². The van der Waals surface area contributed by atoms with E-state index in [1.165, 1.54) is 6.92 Å². The summed E-state index contributed by atoms with van der Waals surface area (Å²) in [6.45, 7) is 6.14. The molecular weight excluding hydrogens is 344 g/mol. The first kappa shape index (κ1) is 18.4. The number of carbonyl (C=O) groups excluding carboxylic acids is 1. The first-order valence-corrected chi connectivity index (χ1v) is 10.8. The van der Waals surface area contributed by atoms with Crippen LogP contribution in [0.15, 0.2) is 0 Å². The Labute approximate surface area is 162 Å². The zero-order chi connectivity index (χ0) is 19.2. The normalized spacial score (nSPS) is 58.5. The number of esters is 1. The highest BCUT2D eigenvalue weighted by atomic mass is 16.6. The summed E-state index contributed by atoms with van der Waals surface area (Å²) in [5, 5.41) is 11.9. The highest BCUT2D eigenvalue weighted by molar-refractivity contribution is 5.66. The van der Waals surface area contributed by atoms with Gasteiger partial charge in [0.25, 0.3) is 0 Å². The van der Waals surface area contributed by atoms with Gasteiger partial charge in [-0.15, -0.1) is 0 Å². The van der Waals surface area contributed by atoms with E-state index < -0.39 is 5.60 Å². The van der Waals surface area contributed by atoms with Gasteiger partial charge in [-0.2, -0.15) is 0 Å². The van der Waals surface area contributed by atoms with Crippen molar-refractivity contribution in [1.82, 2.24) is 0 Å². The third-order valence-electron chi connectivity index (χ3n) is 9.63. The fourth-order valence-electron chi connectivity index (χ4n) is 8.47. The van der Waals surface area contributed by atoms with Crippen molar-refractivity contribution >= 4 is 5.97 Å². The van der Waals surface area contributed by atoms with E-state index in [-0.39, 0.29) is 41.2 Å². The average molecular weight is 379 g/mol. The van der Waals surface area contributed by atoms with E-state index in [0.29, 0.717) is 17.8 Å². The minimum absolute atomic E-state index is 0.0105. The van der Waals surface area contributed by atoms with Crippen LogP contribution in [0.3, 0.4) is 0 Å². The molecule has 0 spiro atoms. The van der Waals surface area contributed by atoms with Gasteiger partial charge in [0.05, 0.1) is 12.2 Å². The van der Waals surface area contributed by atoms with Gasteiger partial charge in [-0.05, 0) is 56.3 Å². The Morgan fingerprint density at radius 2 is 1.89 bits per heavy atom. The van der Waals surface area contributed by atoms with Crippen LogP contribution in [0.4, 0.5) is 0 Å². The molecule has 0 amide bonds. The van der Waals surface area contributed by atoms with E-state index in [1.54, 1.807) is 7.11 Å². The molecular formula is C22H34O5. The van der Waals surface area contributed by atoms with Crippen molar-refractivity contribution in [3.63, 3.8) is 0 Å². The number of ether oxygens (including phenoxy) is 3. The van der Waals surface area contributed by atoms with E-state index in [1.807, 2.05) is 0 Å². The van der Waals surface area contributed by atoms with Crippen molar-refractivity contribution in [2.24, 2.45) is 28.6 Å². The maximum absolute atomic E-state index is 11.9. The lowest BCUT2D eigenvalue weighted by Crippen LogP contribution is -2.71. The molecule has 5 aliphatic rings. The molecule has 1 saturated heterocycles. The third-order valence-corrected chi connectivity index (χ3v) is 9.63. The highest BCUT2D eigenvalue weighted by Crippen LogP contribution is 2.71. The molecule has 2 bridgehead atoms. The first-order chi connectivity index (χ1) is 12.8. The van der Waals surface area contributed by atoms with Crippen LogP contribution in [0.1, 0.15) is 65.7 Å². The molecule has 5 heteroatoms. The summed E-state index contributed by atoms with van der Waals surface area (Å²) in [6.07, 6.45) is 6.89. The molecule has 1 heterocycles. The van der Waals surface area contributed by atoms with E-state index in [9.17, 15) is 9.90 Å². The van der Waals surface area contributed by atoms with Crippen molar-refractivity contribution in [1.29, 1.82) is 0 Å². The van der Waals surface area contributed by atoms with Crippen LogP contribution >= 0.6 is 0 Å². The molecule has 0 radical (unpaired) electrons. The van der Waals surface area contributed by atoms with Crippen LogP contribution in [0.25, 0.3) is 0 Å². The summed E-state index contributed by atoms with van der Waals surface area (Å²) in [6, 6.07) is 0. The number of rotatable bonds is 2. The minimum atomic E-state index is -0.868. The zero-order valence-electron chi connectivity index (χ0n) is 17.1. The molecule has 27 heavy (non-hydrogen) atoms. The topological polar surface area (TPSA) is 65.0 Å². The van der Waals surface area contributed by atoms with Crippen molar-refractivity contribution < 1.29 is 24.1 Å². The molecule has 0 aromatic carbocycles. The summed E-state index contributed by atoms with van der Waals surface area (Å²) >= 11 is 0. The molecule has 1 N–H and O–H groups in total. The van der Waals surface area contributed by atoms with Gasteiger partial charge in [0.1, 0.15) is 17.8 Å². The second-order valence-corrected chi connectivity index (χ2v) is 10.4. The van der Waals surface area contributed by atoms with Gasteiger partial charge in [-0.25, -0.2) is 0 Å². The zero-order valence-corrected chi connectivity index (χ0v) is 17.1. The number of carbonyl (C=O) groups is 1. The van der Waals surface area contributed by atoms with Crippen LogP contribution in [0.5, 0.6) is 0 Å². The Morgan fingerprint density at radius 3 is 2.59 bits per heavy atom. The lowest BCUT2D eigenvalue weighted by Gasteiger charge is -2.63. The van der Waals surface area contributed by atoms with Crippen LogP contribution in [-0.4, -0.2) is 48.2 Å². The fraction of sp³-hybridized carbons (Fsp3) is 0.955. The summed E-state index contributed by atoms with van der Waals surface area (Å²) in [5.74, 6) is 1.13. The Kier molecular flexibility index (Phi) is 3.88. The van der Waals surface area contributed by atoms with Crippen LogP contribution in [-0.2, 0) is 19.0 Å². The van der Waals surface area contributed by atoms with Crippen molar-refractivity contribution in [2.75, 3.05) is 7.11 Å². The van der Waals surface area contributed by atoms with Crippen LogP contribution in [0.2, 0.25) is 0 Å². The maximum atomic E-state index is 11.9. The maximum Gasteiger partial charge on any atom is 0.302 e. The van der Waals surface area contributed by atoms with E-state index in [4.69, 9.17) is 14.2 Å². The molecule has 4 aliphatic carbocycles. The SMILES string of the molecule is CO[C@@H]1[C@H]2O[C@@H]3CCC[C@](C)([C@H]4CC[C@]5(C)[C@@H](OC(C)=O)CC[C@H]5[C@H]24)[C@]13O. The largest absolute Gasteiger partial charge is 0.462 e. The second kappa shape index (κ2) is 5.70. The monoisotopic (exact) mass is 378 g/mol. The smallest absolute Gasteiger partial charge is 0.302 e. The molecule has 0 aromatic rings. The summed E-state index contributed by atoms with van der Waals surface area (Å²) in [4.78, 5) is 11.7. The van der Waals surface area contributed by atoms with Crippen LogP contribution < -0.4 is 0 Å². The molecule has 4 saturated carbocycles. The van der Waals surface area contributed by atoms with Gasteiger partial charge in [-0.1, -0.05) is 20.3 Å².